The van der Waals surface area contributed by atoms with Crippen LogP contribution in [0.25, 0.3) is 0 Å². The Morgan fingerprint density at radius 2 is 2.36 bits per heavy atom. The number of nitrogens with zero attached hydrogens (tertiary/aromatic N) is 4. The third-order valence-electron chi connectivity index (χ3n) is 1.64. The highest BCUT2D eigenvalue weighted by atomic mass is 16.8. The first-order chi connectivity index (χ1) is 6.70. The second-order valence-electron chi connectivity index (χ2n) is 2.48. The maximum atomic E-state index is 10.8. The smallest absolute Gasteiger partial charge is 0.395 e. The molecule has 0 radical (unpaired) electrons. The average molecular weight is 200 g/mol. The van der Waals surface area contributed by atoms with Gasteiger partial charge < -0.3 is 4.84 Å². The fourth-order valence-corrected chi connectivity index (χ4v) is 1.05. The summed E-state index contributed by atoms with van der Waals surface area (Å²) in [6.07, 6.45) is 0.368. The van der Waals surface area contributed by atoms with Gasteiger partial charge in [-0.15, -0.1) is 5.16 Å². The zero-order chi connectivity index (χ0) is 10.1. The molecule has 0 fully saturated rings. The molecule has 74 valence electrons. The van der Waals surface area contributed by atoms with Crippen LogP contribution in [0.5, 0.6) is 0 Å². The predicted octanol–water partition coefficient (Wildman–Crippen LogP) is -0.659. The zero-order valence-electron chi connectivity index (χ0n) is 6.74. The summed E-state index contributed by atoms with van der Waals surface area (Å²) in [6, 6.07) is 0. The molecule has 0 amide bonds. The average Bonchev–Trinajstić information content (AvgIpc) is 2.70. The number of hydrogen-bond acceptors (Lipinski definition) is 7. The fraction of sp³-hybridized carbons (Fsp3) is 0.400. The van der Waals surface area contributed by atoms with Crippen molar-refractivity contribution in [2.75, 3.05) is 6.61 Å². The summed E-state index contributed by atoms with van der Waals surface area (Å²) < 4.78 is 4.10. The van der Waals surface area contributed by atoms with E-state index in [4.69, 9.17) is 0 Å². The number of hydrogen-bond donors (Lipinski definition) is 0. The molecule has 1 aromatic rings. The van der Waals surface area contributed by atoms with Gasteiger partial charge in [0.15, 0.2) is 0 Å². The van der Waals surface area contributed by atoms with Crippen molar-refractivity contribution in [3.63, 3.8) is 0 Å². The van der Waals surface area contributed by atoms with Gasteiger partial charge in [-0.1, -0.05) is 5.16 Å². The van der Waals surface area contributed by atoms with Crippen LogP contribution in [0.1, 0.15) is 12.1 Å². The molecule has 0 atom stereocenters. The number of oxime groups is 1. The van der Waals surface area contributed by atoms with Crippen molar-refractivity contribution in [3.8, 4) is 0 Å². The lowest BCUT2D eigenvalue weighted by Crippen LogP contribution is -2.27. The topological polar surface area (TPSA) is 118 Å². The Hall–Kier alpha value is -2.19. The van der Waals surface area contributed by atoms with E-state index in [1.807, 2.05) is 0 Å². The summed E-state index contributed by atoms with van der Waals surface area (Å²) in [6.45, 7) is 0.318. The van der Waals surface area contributed by atoms with Crippen LogP contribution in [-0.2, 0) is 4.84 Å². The third kappa shape index (κ3) is 1.14. The molecule has 0 bridgehead atoms. The lowest BCUT2D eigenvalue weighted by atomic mass is 10.2. The van der Waals surface area contributed by atoms with Crippen LogP contribution in [-0.4, -0.2) is 22.4 Å². The van der Waals surface area contributed by atoms with Crippen molar-refractivity contribution in [2.45, 2.75) is 6.42 Å². The van der Waals surface area contributed by atoms with Crippen molar-refractivity contribution in [2.24, 2.45) is 5.16 Å². The maximum absolute atomic E-state index is 10.8. The largest absolute Gasteiger partial charge is 0.588 e. The Bertz CT molecular complexity index is 410. The molecule has 0 N–H and O–H groups in total. The van der Waals surface area contributed by atoms with Crippen molar-refractivity contribution in [1.82, 2.24) is 5.16 Å². The first kappa shape index (κ1) is 8.41. The summed E-state index contributed by atoms with van der Waals surface area (Å²) in [5.41, 5.74) is 0.0672. The second kappa shape index (κ2) is 2.94. The molecule has 9 heteroatoms. The van der Waals surface area contributed by atoms with Crippen LogP contribution >= 0.6 is 0 Å². The fourth-order valence-electron chi connectivity index (χ4n) is 1.05. The van der Waals surface area contributed by atoms with Gasteiger partial charge in [-0.25, -0.2) is 0 Å². The third-order valence-corrected chi connectivity index (χ3v) is 1.64. The van der Waals surface area contributed by atoms with E-state index in [9.17, 15) is 15.3 Å². The lowest BCUT2D eigenvalue weighted by molar-refractivity contribution is -0.825. The molecular formula is C5H4N4O5. The monoisotopic (exact) mass is 200 g/mol. The molecule has 0 spiro atoms. The maximum Gasteiger partial charge on any atom is 0.588 e. The highest BCUT2D eigenvalue weighted by Crippen LogP contribution is 2.16. The van der Waals surface area contributed by atoms with Crippen LogP contribution in [0.4, 0.5) is 5.82 Å². The highest BCUT2D eigenvalue weighted by molar-refractivity contribution is 6.01. The van der Waals surface area contributed by atoms with Crippen LogP contribution in [0.15, 0.2) is 9.78 Å². The van der Waals surface area contributed by atoms with E-state index in [0.29, 0.717) is 13.0 Å². The molecular weight excluding hydrogens is 196 g/mol. The molecule has 0 saturated carbocycles. The van der Waals surface area contributed by atoms with Crippen molar-refractivity contribution in [1.29, 1.82) is 0 Å². The molecule has 14 heavy (non-hydrogen) atoms. The lowest BCUT2D eigenvalue weighted by Gasteiger charge is -1.85. The Morgan fingerprint density at radius 1 is 1.57 bits per heavy atom. The summed E-state index contributed by atoms with van der Waals surface area (Å²) >= 11 is 0. The standard InChI is InChI=1S/C5H4N4O5/c10-8(11)5-4(7-14-9(5)12)3-1-2-13-6-3/h1-2H2. The van der Waals surface area contributed by atoms with Gasteiger partial charge in [0.2, 0.25) is 0 Å². The summed E-state index contributed by atoms with van der Waals surface area (Å²) in [5, 5.41) is 28.0. The van der Waals surface area contributed by atoms with E-state index in [1.54, 1.807) is 0 Å². The van der Waals surface area contributed by atoms with E-state index in [0.717, 1.165) is 0 Å². The molecule has 2 heterocycles. The normalized spacial score (nSPS) is 15.0. The molecule has 1 aliphatic heterocycles. The minimum atomic E-state index is -0.875. The Balaban J connectivity index is 2.47. The Morgan fingerprint density at radius 3 is 2.93 bits per heavy atom. The van der Waals surface area contributed by atoms with E-state index >= 15 is 0 Å². The van der Waals surface area contributed by atoms with E-state index < -0.39 is 10.7 Å². The first-order valence-electron chi connectivity index (χ1n) is 3.63. The minimum Gasteiger partial charge on any atom is -0.395 e. The minimum absolute atomic E-state index is 0.178. The van der Waals surface area contributed by atoms with Crippen molar-refractivity contribution in [3.05, 3.63) is 21.0 Å². The van der Waals surface area contributed by atoms with Crippen molar-refractivity contribution >= 4 is 11.5 Å². The Kier molecular flexibility index (Phi) is 1.77. The zero-order valence-corrected chi connectivity index (χ0v) is 6.74. The highest BCUT2D eigenvalue weighted by Gasteiger charge is 2.36. The molecule has 2 rings (SSSR count). The van der Waals surface area contributed by atoms with Crippen LogP contribution in [0.2, 0.25) is 0 Å². The van der Waals surface area contributed by atoms with Gasteiger partial charge in [0.25, 0.3) is 5.69 Å². The number of nitro groups is 1. The quantitative estimate of drug-likeness (QED) is 0.355. The van der Waals surface area contributed by atoms with Gasteiger partial charge in [-0.2, -0.15) is 0 Å². The van der Waals surface area contributed by atoms with E-state index in [1.165, 1.54) is 0 Å². The van der Waals surface area contributed by atoms with Gasteiger partial charge >= 0.3 is 5.82 Å². The number of aromatic nitrogens is 2. The first-order valence-corrected chi connectivity index (χ1v) is 3.63. The van der Waals surface area contributed by atoms with Crippen LogP contribution < -0.4 is 4.90 Å². The molecule has 0 aromatic carbocycles. The van der Waals surface area contributed by atoms with Gasteiger partial charge in [0.1, 0.15) is 22.1 Å². The van der Waals surface area contributed by atoms with Gasteiger partial charge in [-0.05, 0) is 0 Å². The molecule has 0 saturated heterocycles. The second-order valence-corrected chi connectivity index (χ2v) is 2.48. The Labute approximate surface area is 76.2 Å². The van der Waals surface area contributed by atoms with Crippen LogP contribution in [0.3, 0.4) is 0 Å². The predicted molar refractivity (Wildman–Crippen MR) is 39.2 cm³/mol. The molecule has 0 unspecified atom stereocenters. The molecule has 1 aromatic heterocycles. The number of rotatable bonds is 2. The summed E-state index contributed by atoms with van der Waals surface area (Å²) in [7, 11) is 0. The molecule has 9 nitrogen and oxygen atoms in total. The van der Waals surface area contributed by atoms with Crippen molar-refractivity contribution < 1.29 is 19.3 Å². The van der Waals surface area contributed by atoms with E-state index in [-0.39, 0.29) is 16.3 Å². The van der Waals surface area contributed by atoms with Gasteiger partial charge in [0.05, 0.1) is 0 Å². The van der Waals surface area contributed by atoms with E-state index in [2.05, 4.69) is 19.8 Å². The summed E-state index contributed by atoms with van der Waals surface area (Å²) in [5.74, 6) is -0.769. The molecule has 0 aliphatic carbocycles. The van der Waals surface area contributed by atoms with Crippen LogP contribution in [0, 0.1) is 15.3 Å². The molecule has 1 aliphatic rings. The summed E-state index contributed by atoms with van der Waals surface area (Å²) in [4.78, 5) is 13.9. The van der Waals surface area contributed by atoms with Gasteiger partial charge in [0, 0.05) is 6.42 Å². The SMILES string of the molecule is O=[N+]([O-])c1c(C2=NOCC2)no[n+]1[O-]. The van der Waals surface area contributed by atoms with Gasteiger partial charge in [-0.3, -0.25) is 20.0 Å².